The molecule has 2 aromatic rings. The summed E-state index contributed by atoms with van der Waals surface area (Å²) in [5, 5.41) is 3.88. The van der Waals surface area contributed by atoms with E-state index >= 15 is 0 Å². The van der Waals surface area contributed by atoms with Crippen molar-refractivity contribution in [3.05, 3.63) is 70.7 Å². The van der Waals surface area contributed by atoms with Crippen LogP contribution in [0.1, 0.15) is 37.4 Å². The Kier molecular flexibility index (Phi) is 7.90. The molecule has 1 heterocycles. The van der Waals surface area contributed by atoms with Crippen LogP contribution in [-0.2, 0) is 4.79 Å². The highest BCUT2D eigenvalue weighted by Crippen LogP contribution is 2.28. The Balaban J connectivity index is 0.00000280. The van der Waals surface area contributed by atoms with Crippen LogP contribution >= 0.6 is 24.0 Å². The van der Waals surface area contributed by atoms with Crippen LogP contribution in [0.5, 0.6) is 0 Å². The van der Waals surface area contributed by atoms with E-state index in [0.29, 0.717) is 11.6 Å². The third-order valence-electron chi connectivity index (χ3n) is 5.40. The topological polar surface area (TPSA) is 58.4 Å². The summed E-state index contributed by atoms with van der Waals surface area (Å²) in [6.45, 7) is 6.41. The zero-order valence-electron chi connectivity index (χ0n) is 16.4. The SMILES string of the molecule is CC1(C)CN(CC(=O)NC(c2ccccc2)c2ccc(Cl)cc2)CCC1N.Cl. The van der Waals surface area contributed by atoms with Crippen LogP contribution in [-0.4, -0.2) is 36.5 Å². The van der Waals surface area contributed by atoms with Crippen molar-refractivity contribution in [3.8, 4) is 0 Å². The molecule has 0 aromatic heterocycles. The lowest BCUT2D eigenvalue weighted by molar-refractivity contribution is -0.123. The fourth-order valence-corrected chi connectivity index (χ4v) is 3.82. The van der Waals surface area contributed by atoms with Crippen molar-refractivity contribution in [2.45, 2.75) is 32.4 Å². The summed E-state index contributed by atoms with van der Waals surface area (Å²) in [5.74, 6) is 0.0186. The molecule has 2 unspecified atom stereocenters. The number of hydrogen-bond acceptors (Lipinski definition) is 3. The molecule has 0 saturated carbocycles. The minimum absolute atomic E-state index is 0. The van der Waals surface area contributed by atoms with Crippen molar-refractivity contribution in [3.63, 3.8) is 0 Å². The molecule has 28 heavy (non-hydrogen) atoms. The first-order chi connectivity index (χ1) is 12.8. The van der Waals surface area contributed by atoms with Crippen molar-refractivity contribution in [2.75, 3.05) is 19.6 Å². The van der Waals surface area contributed by atoms with Crippen LogP contribution in [0, 0.1) is 5.41 Å². The van der Waals surface area contributed by atoms with Gasteiger partial charge in [-0.1, -0.05) is 67.9 Å². The average molecular weight is 422 g/mol. The second-order valence-electron chi connectivity index (χ2n) is 8.06. The molecule has 0 radical (unpaired) electrons. The molecule has 6 heteroatoms. The number of amides is 1. The number of carbonyl (C=O) groups excluding carboxylic acids is 1. The van der Waals surface area contributed by atoms with Gasteiger partial charge in [0.25, 0.3) is 0 Å². The predicted octanol–water partition coefficient (Wildman–Crippen LogP) is 4.03. The Morgan fingerprint density at radius 2 is 1.79 bits per heavy atom. The van der Waals surface area contributed by atoms with Crippen molar-refractivity contribution >= 4 is 29.9 Å². The number of piperidine rings is 1. The highest BCUT2D eigenvalue weighted by molar-refractivity contribution is 6.30. The van der Waals surface area contributed by atoms with E-state index in [1.807, 2.05) is 54.6 Å². The first kappa shape index (κ1) is 22.7. The summed E-state index contributed by atoms with van der Waals surface area (Å²) in [6, 6.07) is 17.6. The standard InChI is InChI=1S/C22H28ClN3O.ClH/c1-22(2)15-26(13-12-19(22)24)14-20(27)25-21(16-6-4-3-5-7-16)17-8-10-18(23)11-9-17;/h3-11,19,21H,12-15,24H2,1-2H3,(H,25,27);1H. The molecule has 152 valence electrons. The minimum atomic E-state index is -0.198. The molecule has 1 aliphatic heterocycles. The van der Waals surface area contributed by atoms with Crippen molar-refractivity contribution in [1.82, 2.24) is 10.2 Å². The number of likely N-dealkylation sites (tertiary alicyclic amines) is 1. The Hall–Kier alpha value is -1.59. The highest BCUT2D eigenvalue weighted by atomic mass is 35.5. The van der Waals surface area contributed by atoms with Gasteiger partial charge in [-0.15, -0.1) is 12.4 Å². The third kappa shape index (κ3) is 5.71. The molecule has 2 aromatic carbocycles. The lowest BCUT2D eigenvalue weighted by Crippen LogP contribution is -2.54. The Morgan fingerprint density at radius 3 is 2.39 bits per heavy atom. The van der Waals surface area contributed by atoms with Gasteiger partial charge < -0.3 is 11.1 Å². The molecular weight excluding hydrogens is 393 g/mol. The lowest BCUT2D eigenvalue weighted by Gasteiger charge is -2.42. The van der Waals surface area contributed by atoms with Gasteiger partial charge in [0.05, 0.1) is 12.6 Å². The Labute approximate surface area is 178 Å². The average Bonchev–Trinajstić information content (AvgIpc) is 2.64. The minimum Gasteiger partial charge on any atom is -0.344 e. The van der Waals surface area contributed by atoms with E-state index in [0.717, 1.165) is 30.6 Å². The molecule has 1 amide bonds. The van der Waals surface area contributed by atoms with Gasteiger partial charge in [-0.3, -0.25) is 9.69 Å². The van der Waals surface area contributed by atoms with Crippen LogP contribution in [0.2, 0.25) is 5.02 Å². The molecule has 0 bridgehead atoms. The van der Waals surface area contributed by atoms with Gasteiger partial charge >= 0.3 is 0 Å². The number of hydrogen-bond donors (Lipinski definition) is 2. The molecular formula is C22H29Cl2N3O. The van der Waals surface area contributed by atoms with Crippen LogP contribution in [0.3, 0.4) is 0 Å². The zero-order chi connectivity index (χ0) is 19.4. The van der Waals surface area contributed by atoms with Gasteiger partial charge in [0, 0.05) is 24.2 Å². The van der Waals surface area contributed by atoms with E-state index in [2.05, 4.69) is 24.1 Å². The van der Waals surface area contributed by atoms with Gasteiger partial charge in [0.1, 0.15) is 0 Å². The van der Waals surface area contributed by atoms with Crippen LogP contribution in [0.25, 0.3) is 0 Å². The van der Waals surface area contributed by atoms with Crippen molar-refractivity contribution in [1.29, 1.82) is 0 Å². The normalized spacial score (nSPS) is 20.1. The van der Waals surface area contributed by atoms with E-state index in [1.165, 1.54) is 0 Å². The summed E-state index contributed by atoms with van der Waals surface area (Å²) in [4.78, 5) is 15.0. The van der Waals surface area contributed by atoms with E-state index in [-0.39, 0.29) is 35.8 Å². The largest absolute Gasteiger partial charge is 0.344 e. The quantitative estimate of drug-likeness (QED) is 0.765. The van der Waals surface area contributed by atoms with Gasteiger partial charge in [-0.05, 0) is 35.1 Å². The zero-order valence-corrected chi connectivity index (χ0v) is 18.0. The number of nitrogens with two attached hydrogens (primary N) is 1. The van der Waals surface area contributed by atoms with E-state index in [9.17, 15) is 4.79 Å². The summed E-state index contributed by atoms with van der Waals surface area (Å²) in [6.07, 6.45) is 0.916. The summed E-state index contributed by atoms with van der Waals surface area (Å²) >= 11 is 6.03. The maximum Gasteiger partial charge on any atom is 0.234 e. The monoisotopic (exact) mass is 421 g/mol. The fourth-order valence-electron chi connectivity index (χ4n) is 3.69. The smallest absolute Gasteiger partial charge is 0.234 e. The number of carbonyl (C=O) groups is 1. The van der Waals surface area contributed by atoms with E-state index < -0.39 is 0 Å². The van der Waals surface area contributed by atoms with Crippen molar-refractivity contribution < 1.29 is 4.79 Å². The van der Waals surface area contributed by atoms with Crippen LogP contribution < -0.4 is 11.1 Å². The second kappa shape index (κ2) is 9.75. The molecule has 1 saturated heterocycles. The summed E-state index contributed by atoms with van der Waals surface area (Å²) < 4.78 is 0. The van der Waals surface area contributed by atoms with Crippen molar-refractivity contribution in [2.24, 2.45) is 11.1 Å². The molecule has 0 aliphatic carbocycles. The molecule has 3 N–H and O–H groups in total. The first-order valence-corrected chi connectivity index (χ1v) is 9.81. The fraction of sp³-hybridized carbons (Fsp3) is 0.409. The summed E-state index contributed by atoms with van der Waals surface area (Å²) in [5.41, 5.74) is 8.30. The first-order valence-electron chi connectivity index (χ1n) is 9.43. The highest BCUT2D eigenvalue weighted by Gasteiger charge is 2.34. The number of halogens is 2. The molecule has 0 spiro atoms. The van der Waals surface area contributed by atoms with Gasteiger partial charge in [-0.2, -0.15) is 0 Å². The third-order valence-corrected chi connectivity index (χ3v) is 5.65. The lowest BCUT2D eigenvalue weighted by atomic mass is 9.80. The van der Waals surface area contributed by atoms with Gasteiger partial charge in [-0.25, -0.2) is 0 Å². The number of rotatable bonds is 5. The Bertz CT molecular complexity index is 765. The molecule has 2 atom stereocenters. The number of nitrogens with one attached hydrogen (secondary N) is 1. The Morgan fingerprint density at radius 1 is 1.18 bits per heavy atom. The van der Waals surface area contributed by atoms with Gasteiger partial charge in [0.15, 0.2) is 0 Å². The maximum absolute atomic E-state index is 12.8. The summed E-state index contributed by atoms with van der Waals surface area (Å²) in [7, 11) is 0. The second-order valence-corrected chi connectivity index (χ2v) is 8.49. The van der Waals surface area contributed by atoms with Gasteiger partial charge in [0.2, 0.25) is 5.91 Å². The van der Waals surface area contributed by atoms with Crippen LogP contribution in [0.4, 0.5) is 0 Å². The molecule has 1 fully saturated rings. The van der Waals surface area contributed by atoms with Crippen LogP contribution in [0.15, 0.2) is 54.6 Å². The number of benzene rings is 2. The molecule has 3 rings (SSSR count). The molecule has 4 nitrogen and oxygen atoms in total. The number of nitrogens with zero attached hydrogens (tertiary/aromatic N) is 1. The molecule has 1 aliphatic rings. The van der Waals surface area contributed by atoms with E-state index in [1.54, 1.807) is 0 Å². The van der Waals surface area contributed by atoms with E-state index in [4.69, 9.17) is 17.3 Å². The predicted molar refractivity (Wildman–Crippen MR) is 118 cm³/mol. The maximum atomic E-state index is 12.8.